The molecule has 2 aliphatic heterocycles. The number of carbonyl (C=O) groups excluding carboxylic acids is 1. The standard InChI is InChI=1S/C31H41N3O3.C2H6/c1-7-19-37-30(35)33-17-15-32(16-18-33)24(3)27-10-8-9-26-21-34(22-28(26)27)31(4,5)14-13-25-12-11-23(2)29(20-25)36-6;1-2/h7-12,20H,1,3,13-19,21-22H2,2,4-6H3;1-2H3. The number of benzene rings is 2. The molecule has 0 N–H and O–H groups in total. The number of fused-ring (bicyclic) bond motifs is 1. The van der Waals surface area contributed by atoms with Gasteiger partial charge >= 0.3 is 6.09 Å². The van der Waals surface area contributed by atoms with Gasteiger partial charge in [0.25, 0.3) is 0 Å². The summed E-state index contributed by atoms with van der Waals surface area (Å²) in [4.78, 5) is 18.8. The van der Waals surface area contributed by atoms with E-state index in [-0.39, 0.29) is 18.2 Å². The second-order valence-corrected chi connectivity index (χ2v) is 10.7. The van der Waals surface area contributed by atoms with Gasteiger partial charge in [-0.1, -0.05) is 63.4 Å². The molecule has 2 aliphatic rings. The van der Waals surface area contributed by atoms with E-state index in [9.17, 15) is 4.79 Å². The molecule has 2 heterocycles. The number of carbonyl (C=O) groups is 1. The molecule has 6 heteroatoms. The fraction of sp³-hybridized carbons (Fsp3) is 0.485. The molecule has 4 rings (SSSR count). The maximum absolute atomic E-state index is 12.2. The molecule has 1 fully saturated rings. The van der Waals surface area contributed by atoms with Crippen molar-refractivity contribution in [2.45, 2.75) is 66.1 Å². The van der Waals surface area contributed by atoms with Gasteiger partial charge < -0.3 is 19.3 Å². The van der Waals surface area contributed by atoms with Crippen molar-refractivity contribution in [3.8, 4) is 5.75 Å². The van der Waals surface area contributed by atoms with E-state index in [1.54, 1.807) is 18.1 Å². The van der Waals surface area contributed by atoms with E-state index in [0.29, 0.717) is 13.1 Å². The van der Waals surface area contributed by atoms with Crippen molar-refractivity contribution in [2.24, 2.45) is 0 Å². The van der Waals surface area contributed by atoms with E-state index in [1.165, 1.54) is 27.8 Å². The molecule has 0 aliphatic carbocycles. The number of piperazine rings is 1. The van der Waals surface area contributed by atoms with Gasteiger partial charge in [-0.25, -0.2) is 4.79 Å². The SMILES string of the molecule is C=CCOC(=O)N1CCN(C(=C)c2cccc3c2CN(C(C)(C)CCc2ccc(C)c(OC)c2)C3)CC1.CC. The van der Waals surface area contributed by atoms with Crippen LogP contribution in [0.25, 0.3) is 5.70 Å². The molecule has 2 aromatic rings. The van der Waals surface area contributed by atoms with E-state index >= 15 is 0 Å². The zero-order valence-corrected chi connectivity index (χ0v) is 24.9. The van der Waals surface area contributed by atoms with Crippen LogP contribution >= 0.6 is 0 Å². The number of nitrogens with zero attached hydrogens (tertiary/aromatic N) is 3. The first-order valence-electron chi connectivity index (χ1n) is 14.2. The lowest BCUT2D eigenvalue weighted by atomic mass is 9.93. The summed E-state index contributed by atoms with van der Waals surface area (Å²) in [5.74, 6) is 0.960. The third kappa shape index (κ3) is 7.24. The fourth-order valence-electron chi connectivity index (χ4n) is 5.30. The zero-order valence-electron chi connectivity index (χ0n) is 24.9. The normalized spacial score (nSPS) is 15.2. The fourth-order valence-corrected chi connectivity index (χ4v) is 5.30. The van der Waals surface area contributed by atoms with E-state index in [2.05, 4.69) is 80.1 Å². The summed E-state index contributed by atoms with van der Waals surface area (Å²) < 4.78 is 10.7. The first-order valence-corrected chi connectivity index (χ1v) is 14.2. The summed E-state index contributed by atoms with van der Waals surface area (Å²) in [6.07, 6.45) is 3.40. The molecule has 39 heavy (non-hydrogen) atoms. The Morgan fingerprint density at radius 2 is 1.74 bits per heavy atom. The molecule has 2 aromatic carbocycles. The zero-order chi connectivity index (χ0) is 28.6. The Bertz CT molecular complexity index is 1150. The Labute approximate surface area is 235 Å². The molecular formula is C33H47N3O3. The first-order chi connectivity index (χ1) is 18.7. The average Bonchev–Trinajstić information content (AvgIpc) is 3.42. The molecule has 1 saturated heterocycles. The Balaban J connectivity index is 0.00000205. The van der Waals surface area contributed by atoms with Crippen LogP contribution in [-0.4, -0.2) is 66.2 Å². The highest BCUT2D eigenvalue weighted by Gasteiger charge is 2.33. The quantitative estimate of drug-likeness (QED) is 0.337. The van der Waals surface area contributed by atoms with Gasteiger partial charge in [-0.05, 0) is 61.9 Å². The van der Waals surface area contributed by atoms with E-state index in [0.717, 1.165) is 50.5 Å². The van der Waals surface area contributed by atoms with Crippen molar-refractivity contribution >= 4 is 11.8 Å². The minimum atomic E-state index is -0.271. The maximum Gasteiger partial charge on any atom is 0.410 e. The number of ether oxygens (including phenoxy) is 2. The van der Waals surface area contributed by atoms with Crippen molar-refractivity contribution in [1.29, 1.82) is 0 Å². The number of rotatable bonds is 9. The molecule has 0 aromatic heterocycles. The van der Waals surface area contributed by atoms with Crippen LogP contribution in [0.1, 0.15) is 61.9 Å². The second-order valence-electron chi connectivity index (χ2n) is 10.7. The maximum atomic E-state index is 12.2. The Morgan fingerprint density at radius 1 is 1.05 bits per heavy atom. The van der Waals surface area contributed by atoms with E-state index < -0.39 is 0 Å². The van der Waals surface area contributed by atoms with Gasteiger partial charge in [0.05, 0.1) is 7.11 Å². The third-order valence-corrected chi connectivity index (χ3v) is 7.89. The van der Waals surface area contributed by atoms with Crippen molar-refractivity contribution in [3.63, 3.8) is 0 Å². The molecular weight excluding hydrogens is 486 g/mol. The lowest BCUT2D eigenvalue weighted by Crippen LogP contribution is -2.48. The molecule has 0 saturated carbocycles. The Hall–Kier alpha value is -3.25. The summed E-state index contributed by atoms with van der Waals surface area (Å²) in [5.41, 5.74) is 7.56. The highest BCUT2D eigenvalue weighted by molar-refractivity contribution is 5.69. The number of aryl methyl sites for hydroxylation is 2. The predicted molar refractivity (Wildman–Crippen MR) is 161 cm³/mol. The van der Waals surface area contributed by atoms with Gasteiger partial charge in [-0.15, -0.1) is 0 Å². The molecule has 6 nitrogen and oxygen atoms in total. The van der Waals surface area contributed by atoms with Gasteiger partial charge in [-0.3, -0.25) is 4.90 Å². The molecule has 0 spiro atoms. The van der Waals surface area contributed by atoms with Crippen LogP contribution in [-0.2, 0) is 24.2 Å². The summed E-state index contributed by atoms with van der Waals surface area (Å²) in [7, 11) is 1.74. The van der Waals surface area contributed by atoms with Crippen LogP contribution in [0.2, 0.25) is 0 Å². The van der Waals surface area contributed by atoms with Crippen LogP contribution < -0.4 is 4.74 Å². The van der Waals surface area contributed by atoms with Crippen LogP contribution in [0.3, 0.4) is 0 Å². The molecule has 0 radical (unpaired) electrons. The molecule has 0 atom stereocenters. The highest BCUT2D eigenvalue weighted by Crippen LogP contribution is 2.36. The summed E-state index contributed by atoms with van der Waals surface area (Å²) in [6.45, 7) is 23.7. The van der Waals surface area contributed by atoms with Crippen molar-refractivity contribution in [2.75, 3.05) is 39.9 Å². The largest absolute Gasteiger partial charge is 0.496 e. The van der Waals surface area contributed by atoms with Crippen molar-refractivity contribution in [3.05, 3.63) is 83.4 Å². The summed E-state index contributed by atoms with van der Waals surface area (Å²) >= 11 is 0. The van der Waals surface area contributed by atoms with Gasteiger partial charge in [0.15, 0.2) is 0 Å². The lowest BCUT2D eigenvalue weighted by Gasteiger charge is -2.37. The van der Waals surface area contributed by atoms with Gasteiger partial charge in [0.1, 0.15) is 12.4 Å². The number of methoxy groups -OCH3 is 1. The third-order valence-electron chi connectivity index (χ3n) is 7.89. The topological polar surface area (TPSA) is 45.2 Å². The first kappa shape index (κ1) is 30.3. The van der Waals surface area contributed by atoms with Crippen LogP contribution in [0.4, 0.5) is 4.79 Å². The molecule has 0 unspecified atom stereocenters. The van der Waals surface area contributed by atoms with Crippen LogP contribution in [0.5, 0.6) is 5.75 Å². The van der Waals surface area contributed by atoms with Gasteiger partial charge in [0, 0.05) is 56.1 Å². The van der Waals surface area contributed by atoms with Crippen molar-refractivity contribution in [1.82, 2.24) is 14.7 Å². The number of hydrogen-bond acceptors (Lipinski definition) is 5. The predicted octanol–water partition coefficient (Wildman–Crippen LogP) is 6.67. The smallest absolute Gasteiger partial charge is 0.410 e. The Kier molecular flexibility index (Phi) is 10.6. The van der Waals surface area contributed by atoms with E-state index in [1.807, 2.05) is 13.8 Å². The van der Waals surface area contributed by atoms with Crippen LogP contribution in [0.15, 0.2) is 55.6 Å². The average molecular weight is 534 g/mol. The summed E-state index contributed by atoms with van der Waals surface area (Å²) in [5, 5.41) is 0. The molecule has 1 amide bonds. The molecule has 212 valence electrons. The second kappa shape index (κ2) is 13.7. The number of amides is 1. The molecule has 0 bridgehead atoms. The minimum absolute atomic E-state index is 0.0488. The summed E-state index contributed by atoms with van der Waals surface area (Å²) in [6, 6.07) is 13.1. The van der Waals surface area contributed by atoms with Crippen molar-refractivity contribution < 1.29 is 14.3 Å². The van der Waals surface area contributed by atoms with Crippen LogP contribution in [0, 0.1) is 6.92 Å². The monoisotopic (exact) mass is 533 g/mol. The Morgan fingerprint density at radius 3 is 2.41 bits per heavy atom. The van der Waals surface area contributed by atoms with Gasteiger partial charge in [0.2, 0.25) is 0 Å². The lowest BCUT2D eigenvalue weighted by molar-refractivity contribution is 0.0949. The highest BCUT2D eigenvalue weighted by atomic mass is 16.6. The minimum Gasteiger partial charge on any atom is -0.496 e. The number of hydrogen-bond donors (Lipinski definition) is 0. The van der Waals surface area contributed by atoms with Gasteiger partial charge in [-0.2, -0.15) is 0 Å². The van der Waals surface area contributed by atoms with E-state index in [4.69, 9.17) is 9.47 Å².